The van der Waals surface area contributed by atoms with Crippen molar-refractivity contribution in [3.05, 3.63) is 24.7 Å². The van der Waals surface area contributed by atoms with E-state index in [4.69, 9.17) is 5.73 Å². The molecule has 0 heterocycles. The molecule has 0 rings (SSSR count). The molecule has 0 bridgehead atoms. The van der Waals surface area contributed by atoms with Crippen molar-refractivity contribution in [3.63, 3.8) is 0 Å². The summed E-state index contributed by atoms with van der Waals surface area (Å²) in [7, 11) is 0. The van der Waals surface area contributed by atoms with Gasteiger partial charge in [-0.1, -0.05) is 20.4 Å². The molecule has 2 nitrogen and oxygen atoms in total. The molecular weight excluding hydrogens is 124 g/mol. The van der Waals surface area contributed by atoms with E-state index in [1.165, 1.54) is 0 Å². The van der Waals surface area contributed by atoms with E-state index >= 15 is 0 Å². The van der Waals surface area contributed by atoms with Crippen LogP contribution in [-0.4, -0.2) is 0 Å². The molecule has 0 radical (unpaired) electrons. The van der Waals surface area contributed by atoms with Crippen molar-refractivity contribution in [1.29, 1.82) is 0 Å². The van der Waals surface area contributed by atoms with Gasteiger partial charge in [-0.05, 0) is 18.5 Å². The van der Waals surface area contributed by atoms with Gasteiger partial charge >= 0.3 is 0 Å². The molecule has 0 unspecified atom stereocenters. The second-order valence-electron chi connectivity index (χ2n) is 2.69. The second-order valence-corrected chi connectivity index (χ2v) is 2.69. The summed E-state index contributed by atoms with van der Waals surface area (Å²) in [6.07, 6.45) is 4.31. The Morgan fingerprint density at radius 1 is 1.70 bits per heavy atom. The highest BCUT2D eigenvalue weighted by molar-refractivity contribution is 4.97. The summed E-state index contributed by atoms with van der Waals surface area (Å²) in [4.78, 5) is 0. The third-order valence-electron chi connectivity index (χ3n) is 1.03. The first-order chi connectivity index (χ1) is 4.66. The molecule has 0 aliphatic heterocycles. The molecule has 0 atom stereocenters. The van der Waals surface area contributed by atoms with Crippen LogP contribution in [0.25, 0.3) is 0 Å². The van der Waals surface area contributed by atoms with Gasteiger partial charge in [0.25, 0.3) is 0 Å². The molecule has 0 saturated heterocycles. The van der Waals surface area contributed by atoms with Gasteiger partial charge in [0.15, 0.2) is 0 Å². The van der Waals surface area contributed by atoms with E-state index in [0.29, 0.717) is 5.92 Å². The Morgan fingerprint density at radius 3 is 2.70 bits per heavy atom. The molecule has 0 spiro atoms. The average molecular weight is 140 g/mol. The van der Waals surface area contributed by atoms with E-state index in [9.17, 15) is 0 Å². The average Bonchev–Trinajstić information content (AvgIpc) is 1.82. The van der Waals surface area contributed by atoms with Crippen molar-refractivity contribution < 1.29 is 0 Å². The molecule has 10 heavy (non-hydrogen) atoms. The van der Waals surface area contributed by atoms with Crippen molar-refractivity contribution >= 4 is 0 Å². The molecule has 0 aromatic heterocycles. The van der Waals surface area contributed by atoms with E-state index in [-0.39, 0.29) is 0 Å². The zero-order valence-corrected chi connectivity index (χ0v) is 6.72. The smallest absolute Gasteiger partial charge is 0.0246 e. The highest BCUT2D eigenvalue weighted by Crippen LogP contribution is 2.03. The third-order valence-corrected chi connectivity index (χ3v) is 1.03. The van der Waals surface area contributed by atoms with E-state index in [1.807, 2.05) is 0 Å². The van der Waals surface area contributed by atoms with Crippen LogP contribution in [0.5, 0.6) is 0 Å². The first kappa shape index (κ1) is 9.08. The van der Waals surface area contributed by atoms with Crippen LogP contribution >= 0.6 is 0 Å². The lowest BCUT2D eigenvalue weighted by atomic mass is 10.1. The molecular formula is C8H16N2. The molecule has 0 fully saturated rings. The number of hydrogen-bond donors (Lipinski definition) is 2. The summed E-state index contributed by atoms with van der Waals surface area (Å²) >= 11 is 0. The van der Waals surface area contributed by atoms with Gasteiger partial charge in [0.1, 0.15) is 0 Å². The SMILES string of the molecule is C=CN/C=C(/N)CC(C)C. The lowest BCUT2D eigenvalue weighted by Crippen LogP contribution is -2.05. The topological polar surface area (TPSA) is 38.0 Å². The first-order valence-electron chi connectivity index (χ1n) is 3.48. The summed E-state index contributed by atoms with van der Waals surface area (Å²) in [5.41, 5.74) is 6.48. The predicted molar refractivity (Wildman–Crippen MR) is 45.1 cm³/mol. The number of nitrogens with one attached hydrogen (secondary N) is 1. The maximum absolute atomic E-state index is 5.61. The van der Waals surface area contributed by atoms with Crippen LogP contribution in [0.1, 0.15) is 20.3 Å². The van der Waals surface area contributed by atoms with Crippen LogP contribution in [0.15, 0.2) is 24.7 Å². The van der Waals surface area contributed by atoms with Crippen molar-refractivity contribution in [2.24, 2.45) is 11.7 Å². The van der Waals surface area contributed by atoms with Crippen molar-refractivity contribution in [1.82, 2.24) is 5.32 Å². The van der Waals surface area contributed by atoms with Crippen LogP contribution < -0.4 is 11.1 Å². The Bertz CT molecular complexity index is 125. The Labute approximate surface area is 62.8 Å². The standard InChI is InChI=1S/C8H16N2/c1-4-10-6-8(9)5-7(2)3/h4,6-7,10H,1,5,9H2,2-3H3/b8-6+. The first-order valence-corrected chi connectivity index (χ1v) is 3.48. The van der Waals surface area contributed by atoms with Crippen LogP contribution in [0, 0.1) is 5.92 Å². The fourth-order valence-corrected chi connectivity index (χ4v) is 0.696. The van der Waals surface area contributed by atoms with E-state index in [0.717, 1.165) is 12.1 Å². The fourth-order valence-electron chi connectivity index (χ4n) is 0.696. The van der Waals surface area contributed by atoms with Gasteiger partial charge in [-0.15, -0.1) is 0 Å². The molecule has 0 aromatic rings. The molecule has 0 aliphatic rings. The zero-order valence-electron chi connectivity index (χ0n) is 6.72. The Hall–Kier alpha value is -0.920. The number of allylic oxidation sites excluding steroid dienone is 1. The highest BCUT2D eigenvalue weighted by atomic mass is 14.8. The van der Waals surface area contributed by atoms with Gasteiger partial charge in [0.05, 0.1) is 0 Å². The monoisotopic (exact) mass is 140 g/mol. The summed E-state index contributed by atoms with van der Waals surface area (Å²) in [6.45, 7) is 7.77. The van der Waals surface area contributed by atoms with Crippen molar-refractivity contribution in [2.45, 2.75) is 20.3 Å². The Morgan fingerprint density at radius 2 is 2.30 bits per heavy atom. The van der Waals surface area contributed by atoms with E-state index < -0.39 is 0 Å². The molecule has 0 aliphatic carbocycles. The normalized spacial score (nSPS) is 11.7. The van der Waals surface area contributed by atoms with Crippen LogP contribution in [-0.2, 0) is 0 Å². The lowest BCUT2D eigenvalue weighted by molar-refractivity contribution is 0.635. The van der Waals surface area contributed by atoms with Crippen LogP contribution in [0.3, 0.4) is 0 Å². The van der Waals surface area contributed by atoms with Gasteiger partial charge in [0.2, 0.25) is 0 Å². The van der Waals surface area contributed by atoms with Crippen molar-refractivity contribution in [3.8, 4) is 0 Å². The molecule has 3 N–H and O–H groups in total. The summed E-state index contributed by atoms with van der Waals surface area (Å²) in [5, 5.41) is 2.83. The number of hydrogen-bond acceptors (Lipinski definition) is 2. The van der Waals surface area contributed by atoms with E-state index in [2.05, 4.69) is 25.7 Å². The third kappa shape index (κ3) is 5.22. The highest BCUT2D eigenvalue weighted by Gasteiger charge is 1.94. The quantitative estimate of drug-likeness (QED) is 0.622. The lowest BCUT2D eigenvalue weighted by Gasteiger charge is -2.03. The molecule has 0 aromatic carbocycles. The minimum absolute atomic E-state index is 0.614. The Balaban J connectivity index is 3.59. The minimum Gasteiger partial charge on any atom is -0.401 e. The van der Waals surface area contributed by atoms with Crippen LogP contribution in [0.2, 0.25) is 0 Å². The van der Waals surface area contributed by atoms with Gasteiger partial charge in [0, 0.05) is 11.9 Å². The van der Waals surface area contributed by atoms with E-state index in [1.54, 1.807) is 12.4 Å². The maximum Gasteiger partial charge on any atom is 0.0246 e. The summed E-state index contributed by atoms with van der Waals surface area (Å²) < 4.78 is 0. The minimum atomic E-state index is 0.614. The number of nitrogens with two attached hydrogens (primary N) is 1. The molecule has 2 heteroatoms. The zero-order chi connectivity index (χ0) is 7.98. The second kappa shape index (κ2) is 4.91. The molecule has 58 valence electrons. The van der Waals surface area contributed by atoms with Crippen molar-refractivity contribution in [2.75, 3.05) is 0 Å². The van der Waals surface area contributed by atoms with Gasteiger partial charge in [-0.25, -0.2) is 0 Å². The molecule has 0 amide bonds. The fraction of sp³-hybridized carbons (Fsp3) is 0.500. The Kier molecular flexibility index (Phi) is 4.46. The predicted octanol–water partition coefficient (Wildman–Crippen LogP) is 1.57. The van der Waals surface area contributed by atoms with Gasteiger partial charge in [-0.3, -0.25) is 0 Å². The largest absolute Gasteiger partial charge is 0.401 e. The number of rotatable bonds is 4. The van der Waals surface area contributed by atoms with Crippen LogP contribution in [0.4, 0.5) is 0 Å². The van der Waals surface area contributed by atoms with Gasteiger partial charge < -0.3 is 11.1 Å². The maximum atomic E-state index is 5.61. The van der Waals surface area contributed by atoms with Gasteiger partial charge in [-0.2, -0.15) is 0 Å². The summed E-state index contributed by atoms with van der Waals surface area (Å²) in [6, 6.07) is 0. The molecule has 0 saturated carbocycles. The summed E-state index contributed by atoms with van der Waals surface area (Å²) in [5.74, 6) is 0.614.